The first kappa shape index (κ1) is 14.0. The summed E-state index contributed by atoms with van der Waals surface area (Å²) in [7, 11) is 1.37. The molecule has 1 saturated heterocycles. The molecule has 0 bridgehead atoms. The molecular formula is C12H22N2O3. The van der Waals surface area contributed by atoms with E-state index >= 15 is 0 Å². The highest BCUT2D eigenvalue weighted by molar-refractivity contribution is 5.86. The van der Waals surface area contributed by atoms with Crippen molar-refractivity contribution in [1.82, 2.24) is 9.80 Å². The Morgan fingerprint density at radius 3 is 2.65 bits per heavy atom. The molecule has 17 heavy (non-hydrogen) atoms. The highest BCUT2D eigenvalue weighted by atomic mass is 16.5. The smallest absolute Gasteiger partial charge is 0.310 e. The lowest BCUT2D eigenvalue weighted by atomic mass is 10.1. The standard InChI is InChI=1S/C12H22N2O3/c1-4-13(5-2)6-7-14-9-10(8-11(14)15)12(16)17-3/h10H,4-9H2,1-3H3. The molecule has 0 spiro atoms. The number of methoxy groups -OCH3 is 1. The van der Waals surface area contributed by atoms with Crippen molar-refractivity contribution >= 4 is 11.9 Å². The van der Waals surface area contributed by atoms with Crippen LogP contribution in [0.15, 0.2) is 0 Å². The molecule has 0 aliphatic carbocycles. The van der Waals surface area contributed by atoms with Crippen LogP contribution in [0.25, 0.3) is 0 Å². The van der Waals surface area contributed by atoms with Gasteiger partial charge in [-0.3, -0.25) is 9.59 Å². The monoisotopic (exact) mass is 242 g/mol. The normalized spacial score (nSPS) is 20.1. The summed E-state index contributed by atoms with van der Waals surface area (Å²) in [5, 5.41) is 0. The van der Waals surface area contributed by atoms with E-state index in [1.54, 1.807) is 4.90 Å². The Kier molecular flexibility index (Phi) is 5.41. The van der Waals surface area contributed by atoms with Crippen LogP contribution in [-0.2, 0) is 14.3 Å². The largest absolute Gasteiger partial charge is 0.469 e. The molecule has 1 amide bonds. The number of hydrogen-bond acceptors (Lipinski definition) is 4. The van der Waals surface area contributed by atoms with Crippen LogP contribution < -0.4 is 0 Å². The number of carbonyl (C=O) groups is 2. The van der Waals surface area contributed by atoms with Crippen molar-refractivity contribution in [2.75, 3.05) is 39.8 Å². The maximum atomic E-state index is 11.7. The van der Waals surface area contributed by atoms with E-state index in [0.29, 0.717) is 19.5 Å². The summed E-state index contributed by atoms with van der Waals surface area (Å²) in [6, 6.07) is 0. The first-order chi connectivity index (χ1) is 8.12. The quantitative estimate of drug-likeness (QED) is 0.631. The summed E-state index contributed by atoms with van der Waals surface area (Å²) < 4.78 is 4.67. The van der Waals surface area contributed by atoms with Crippen LogP contribution in [0.3, 0.4) is 0 Å². The molecule has 0 N–H and O–H groups in total. The summed E-state index contributed by atoms with van der Waals surface area (Å²) in [6.45, 7) is 8.25. The number of carbonyl (C=O) groups excluding carboxylic acids is 2. The van der Waals surface area contributed by atoms with Gasteiger partial charge in [-0.2, -0.15) is 0 Å². The molecule has 98 valence electrons. The molecule has 1 heterocycles. The molecule has 0 saturated carbocycles. The van der Waals surface area contributed by atoms with E-state index < -0.39 is 0 Å². The summed E-state index contributed by atoms with van der Waals surface area (Å²) in [6.07, 6.45) is 0.297. The van der Waals surface area contributed by atoms with E-state index in [-0.39, 0.29) is 17.8 Å². The minimum Gasteiger partial charge on any atom is -0.469 e. The predicted molar refractivity (Wildman–Crippen MR) is 64.5 cm³/mol. The first-order valence-corrected chi connectivity index (χ1v) is 6.20. The zero-order valence-corrected chi connectivity index (χ0v) is 10.9. The van der Waals surface area contributed by atoms with Gasteiger partial charge in [-0.15, -0.1) is 0 Å². The molecule has 0 aromatic carbocycles. The van der Waals surface area contributed by atoms with E-state index in [1.165, 1.54) is 7.11 Å². The van der Waals surface area contributed by atoms with E-state index in [2.05, 4.69) is 23.5 Å². The molecule has 1 unspecified atom stereocenters. The minimum absolute atomic E-state index is 0.0626. The Morgan fingerprint density at radius 2 is 2.12 bits per heavy atom. The van der Waals surface area contributed by atoms with Gasteiger partial charge in [0.25, 0.3) is 0 Å². The molecule has 5 nitrogen and oxygen atoms in total. The van der Waals surface area contributed by atoms with Crippen molar-refractivity contribution in [2.24, 2.45) is 5.92 Å². The molecule has 0 aromatic heterocycles. The molecule has 5 heteroatoms. The van der Waals surface area contributed by atoms with Crippen molar-refractivity contribution in [3.63, 3.8) is 0 Å². The second-order valence-corrected chi connectivity index (χ2v) is 4.29. The van der Waals surface area contributed by atoms with Gasteiger partial charge in [0.2, 0.25) is 5.91 Å². The fourth-order valence-corrected chi connectivity index (χ4v) is 2.11. The van der Waals surface area contributed by atoms with Crippen molar-refractivity contribution < 1.29 is 14.3 Å². The number of ether oxygens (including phenoxy) is 1. The van der Waals surface area contributed by atoms with Crippen molar-refractivity contribution in [3.05, 3.63) is 0 Å². The average molecular weight is 242 g/mol. The second kappa shape index (κ2) is 6.59. The topological polar surface area (TPSA) is 49.9 Å². The number of nitrogens with zero attached hydrogens (tertiary/aromatic N) is 2. The lowest BCUT2D eigenvalue weighted by Gasteiger charge is -2.22. The third-order valence-corrected chi connectivity index (χ3v) is 3.33. The highest BCUT2D eigenvalue weighted by Crippen LogP contribution is 2.18. The number of likely N-dealkylation sites (N-methyl/N-ethyl adjacent to an activating group) is 1. The van der Waals surface area contributed by atoms with E-state index in [0.717, 1.165) is 19.6 Å². The third-order valence-electron chi connectivity index (χ3n) is 3.33. The van der Waals surface area contributed by atoms with Crippen LogP contribution >= 0.6 is 0 Å². The van der Waals surface area contributed by atoms with Crippen LogP contribution in [0.2, 0.25) is 0 Å². The van der Waals surface area contributed by atoms with Crippen LogP contribution in [-0.4, -0.2) is 61.5 Å². The van der Waals surface area contributed by atoms with Gasteiger partial charge in [-0.25, -0.2) is 0 Å². The Balaban J connectivity index is 2.40. The van der Waals surface area contributed by atoms with Gasteiger partial charge in [0.15, 0.2) is 0 Å². The Hall–Kier alpha value is -1.10. The zero-order valence-electron chi connectivity index (χ0n) is 10.9. The lowest BCUT2D eigenvalue weighted by molar-refractivity contribution is -0.145. The highest BCUT2D eigenvalue weighted by Gasteiger charge is 2.34. The van der Waals surface area contributed by atoms with Crippen LogP contribution in [0, 0.1) is 5.92 Å². The molecule has 1 rings (SSSR count). The van der Waals surface area contributed by atoms with Gasteiger partial charge in [-0.05, 0) is 13.1 Å². The Bertz CT molecular complexity index is 277. The number of esters is 1. The number of hydrogen-bond donors (Lipinski definition) is 0. The molecule has 0 aromatic rings. The minimum atomic E-state index is -0.274. The summed E-state index contributed by atoms with van der Waals surface area (Å²) >= 11 is 0. The lowest BCUT2D eigenvalue weighted by Crippen LogP contribution is -2.36. The van der Waals surface area contributed by atoms with Crippen molar-refractivity contribution in [3.8, 4) is 0 Å². The maximum absolute atomic E-state index is 11.7. The number of amides is 1. The molecular weight excluding hydrogens is 220 g/mol. The summed E-state index contributed by atoms with van der Waals surface area (Å²) in [5.74, 6) is -0.486. The SMILES string of the molecule is CCN(CC)CCN1CC(C(=O)OC)CC1=O. The van der Waals surface area contributed by atoms with Gasteiger partial charge in [0, 0.05) is 26.1 Å². The molecule has 1 aliphatic rings. The van der Waals surface area contributed by atoms with Gasteiger partial charge in [-0.1, -0.05) is 13.8 Å². The third kappa shape index (κ3) is 3.70. The van der Waals surface area contributed by atoms with E-state index in [4.69, 9.17) is 0 Å². The Labute approximate surface area is 103 Å². The Morgan fingerprint density at radius 1 is 1.47 bits per heavy atom. The molecule has 1 atom stereocenters. The summed E-state index contributed by atoms with van der Waals surface area (Å²) in [4.78, 5) is 27.1. The van der Waals surface area contributed by atoms with Gasteiger partial charge >= 0.3 is 5.97 Å². The fraction of sp³-hybridized carbons (Fsp3) is 0.833. The molecule has 0 radical (unpaired) electrons. The zero-order chi connectivity index (χ0) is 12.8. The van der Waals surface area contributed by atoms with Crippen molar-refractivity contribution in [1.29, 1.82) is 0 Å². The molecule has 1 aliphatic heterocycles. The number of likely N-dealkylation sites (tertiary alicyclic amines) is 1. The number of rotatable bonds is 6. The molecule has 1 fully saturated rings. The van der Waals surface area contributed by atoms with Crippen LogP contribution in [0.1, 0.15) is 20.3 Å². The van der Waals surface area contributed by atoms with Crippen LogP contribution in [0.5, 0.6) is 0 Å². The van der Waals surface area contributed by atoms with E-state index in [1.807, 2.05) is 0 Å². The van der Waals surface area contributed by atoms with Crippen LogP contribution in [0.4, 0.5) is 0 Å². The second-order valence-electron chi connectivity index (χ2n) is 4.29. The fourth-order valence-electron chi connectivity index (χ4n) is 2.11. The first-order valence-electron chi connectivity index (χ1n) is 6.20. The summed E-state index contributed by atoms with van der Waals surface area (Å²) in [5.41, 5.74) is 0. The van der Waals surface area contributed by atoms with E-state index in [9.17, 15) is 9.59 Å². The van der Waals surface area contributed by atoms with Gasteiger partial charge in [0.1, 0.15) is 0 Å². The van der Waals surface area contributed by atoms with Crippen molar-refractivity contribution in [2.45, 2.75) is 20.3 Å². The van der Waals surface area contributed by atoms with Gasteiger partial charge < -0.3 is 14.5 Å². The average Bonchev–Trinajstić information content (AvgIpc) is 2.71. The maximum Gasteiger partial charge on any atom is 0.310 e. The predicted octanol–water partition coefficient (Wildman–Crippen LogP) is 0.350. The van der Waals surface area contributed by atoms with Gasteiger partial charge in [0.05, 0.1) is 13.0 Å².